The molecule has 1 amide bonds. The molecule has 3 aromatic rings. The Morgan fingerprint density at radius 2 is 1.83 bits per heavy atom. The van der Waals surface area contributed by atoms with Crippen molar-refractivity contribution in [2.24, 2.45) is 0 Å². The number of nitrogens with one attached hydrogen (secondary N) is 1. The molecule has 1 aromatic heterocycles. The fraction of sp³-hybridized carbons (Fsp3) is 0.0909. The van der Waals surface area contributed by atoms with E-state index >= 15 is 0 Å². The average molecular weight is 391 g/mol. The topological polar surface area (TPSA) is 87.0 Å². The maximum absolute atomic E-state index is 12.6. The van der Waals surface area contributed by atoms with Crippen LogP contribution in [0.15, 0.2) is 77.0 Å². The monoisotopic (exact) mass is 391 g/mol. The molecule has 1 aliphatic rings. The van der Waals surface area contributed by atoms with E-state index in [0.29, 0.717) is 28.4 Å². The molecule has 2 heterocycles. The van der Waals surface area contributed by atoms with Crippen LogP contribution in [0.1, 0.15) is 21.7 Å². The van der Waals surface area contributed by atoms with Crippen molar-refractivity contribution in [2.45, 2.75) is 6.61 Å². The smallest absolute Gasteiger partial charge is 0.355 e. The minimum absolute atomic E-state index is 0.00993. The Morgan fingerprint density at radius 3 is 2.62 bits per heavy atom. The first-order valence-corrected chi connectivity index (χ1v) is 8.86. The summed E-state index contributed by atoms with van der Waals surface area (Å²) < 4.78 is 21.1. The van der Waals surface area contributed by atoms with E-state index in [4.69, 9.17) is 18.6 Å². The maximum atomic E-state index is 12.6. The highest BCUT2D eigenvalue weighted by atomic mass is 16.7. The molecule has 146 valence electrons. The molecule has 2 aromatic carbocycles. The van der Waals surface area contributed by atoms with Gasteiger partial charge in [-0.1, -0.05) is 24.3 Å². The van der Waals surface area contributed by atoms with E-state index in [-0.39, 0.29) is 19.1 Å². The van der Waals surface area contributed by atoms with Crippen molar-refractivity contribution in [3.8, 4) is 11.5 Å². The van der Waals surface area contributed by atoms with E-state index in [1.54, 1.807) is 60.7 Å². The standard InChI is InChI=1S/C22H17NO6/c24-21(16-5-2-1-3-6-16)23-18(22(25)27-13-17-7-4-10-26-17)11-15-8-9-19-20(12-15)29-14-28-19/h1-12H,13-14H2,(H,23,24)/b18-11+. The zero-order valence-corrected chi connectivity index (χ0v) is 15.3. The summed E-state index contributed by atoms with van der Waals surface area (Å²) >= 11 is 0. The third-order valence-corrected chi connectivity index (χ3v) is 4.14. The molecular weight excluding hydrogens is 374 g/mol. The summed E-state index contributed by atoms with van der Waals surface area (Å²) in [6.45, 7) is 0.0941. The van der Waals surface area contributed by atoms with Crippen LogP contribution in [0.2, 0.25) is 0 Å². The van der Waals surface area contributed by atoms with Crippen LogP contribution in [0.5, 0.6) is 11.5 Å². The van der Waals surface area contributed by atoms with Crippen molar-refractivity contribution in [1.82, 2.24) is 5.32 Å². The van der Waals surface area contributed by atoms with Crippen LogP contribution in [0.4, 0.5) is 0 Å². The second-order valence-electron chi connectivity index (χ2n) is 6.15. The van der Waals surface area contributed by atoms with Gasteiger partial charge in [-0.3, -0.25) is 4.79 Å². The highest BCUT2D eigenvalue weighted by molar-refractivity contribution is 6.03. The summed E-state index contributed by atoms with van der Waals surface area (Å²) in [5, 5.41) is 2.62. The number of rotatable bonds is 6. The van der Waals surface area contributed by atoms with Crippen LogP contribution in [-0.4, -0.2) is 18.7 Å². The Balaban J connectivity index is 1.57. The highest BCUT2D eigenvalue weighted by Crippen LogP contribution is 2.33. The number of furan rings is 1. The zero-order valence-electron chi connectivity index (χ0n) is 15.3. The van der Waals surface area contributed by atoms with Crippen molar-refractivity contribution >= 4 is 18.0 Å². The molecule has 1 aliphatic heterocycles. The van der Waals surface area contributed by atoms with E-state index in [9.17, 15) is 9.59 Å². The molecule has 0 saturated heterocycles. The fourth-order valence-electron chi connectivity index (χ4n) is 2.71. The number of fused-ring (bicyclic) bond motifs is 1. The number of hydrogen-bond donors (Lipinski definition) is 1. The van der Waals surface area contributed by atoms with E-state index in [0.717, 1.165) is 0 Å². The maximum Gasteiger partial charge on any atom is 0.355 e. The molecule has 0 unspecified atom stereocenters. The Bertz CT molecular complexity index is 1040. The lowest BCUT2D eigenvalue weighted by Crippen LogP contribution is -2.28. The van der Waals surface area contributed by atoms with Gasteiger partial charge < -0.3 is 23.9 Å². The lowest BCUT2D eigenvalue weighted by atomic mass is 10.1. The Morgan fingerprint density at radius 1 is 1.00 bits per heavy atom. The Hall–Kier alpha value is -4.00. The Labute approximate surface area is 166 Å². The van der Waals surface area contributed by atoms with E-state index in [1.807, 2.05) is 0 Å². The second-order valence-corrected chi connectivity index (χ2v) is 6.15. The number of ether oxygens (including phenoxy) is 3. The third-order valence-electron chi connectivity index (χ3n) is 4.14. The van der Waals surface area contributed by atoms with Gasteiger partial charge in [0.1, 0.15) is 18.1 Å². The van der Waals surface area contributed by atoms with E-state index in [2.05, 4.69) is 5.32 Å². The molecular formula is C22H17NO6. The van der Waals surface area contributed by atoms with Gasteiger partial charge in [-0.2, -0.15) is 0 Å². The first-order valence-electron chi connectivity index (χ1n) is 8.86. The van der Waals surface area contributed by atoms with Crippen LogP contribution >= 0.6 is 0 Å². The number of benzene rings is 2. The number of carbonyl (C=O) groups excluding carboxylic acids is 2. The summed E-state index contributed by atoms with van der Waals surface area (Å²) in [4.78, 5) is 25.2. The normalized spacial score (nSPS) is 12.5. The number of hydrogen-bond acceptors (Lipinski definition) is 6. The molecule has 0 atom stereocenters. The lowest BCUT2D eigenvalue weighted by Gasteiger charge is -2.10. The van der Waals surface area contributed by atoms with Crippen LogP contribution < -0.4 is 14.8 Å². The number of carbonyl (C=O) groups is 2. The van der Waals surface area contributed by atoms with Crippen molar-refractivity contribution in [2.75, 3.05) is 6.79 Å². The van der Waals surface area contributed by atoms with Crippen molar-refractivity contribution in [3.63, 3.8) is 0 Å². The number of esters is 1. The van der Waals surface area contributed by atoms with Crippen LogP contribution in [0, 0.1) is 0 Å². The Kier molecular flexibility index (Phi) is 5.29. The molecule has 0 aliphatic carbocycles. The molecule has 7 nitrogen and oxygen atoms in total. The molecule has 0 spiro atoms. The average Bonchev–Trinajstić information content (AvgIpc) is 3.43. The SMILES string of the molecule is O=C(OCc1ccco1)/C(=C\c1ccc2c(c1)OCO2)NC(=O)c1ccccc1. The molecule has 0 fully saturated rings. The van der Waals surface area contributed by atoms with Gasteiger partial charge in [0.25, 0.3) is 5.91 Å². The van der Waals surface area contributed by atoms with Gasteiger partial charge in [0.15, 0.2) is 11.5 Å². The number of amides is 1. The van der Waals surface area contributed by atoms with E-state index < -0.39 is 11.9 Å². The summed E-state index contributed by atoms with van der Waals surface area (Å²) in [5.74, 6) is 0.569. The van der Waals surface area contributed by atoms with Crippen molar-refractivity contribution in [1.29, 1.82) is 0 Å². The molecule has 1 N–H and O–H groups in total. The minimum Gasteiger partial charge on any atom is -0.466 e. The van der Waals surface area contributed by atoms with Gasteiger partial charge in [-0.05, 0) is 48.0 Å². The first kappa shape index (κ1) is 18.4. The van der Waals surface area contributed by atoms with E-state index in [1.165, 1.54) is 12.3 Å². The van der Waals surface area contributed by atoms with Gasteiger partial charge in [-0.15, -0.1) is 0 Å². The summed E-state index contributed by atoms with van der Waals surface area (Å²) in [6.07, 6.45) is 3.01. The van der Waals surface area contributed by atoms with Crippen LogP contribution in [-0.2, 0) is 16.1 Å². The van der Waals surface area contributed by atoms with Crippen LogP contribution in [0.3, 0.4) is 0 Å². The van der Waals surface area contributed by atoms with Gasteiger partial charge >= 0.3 is 5.97 Å². The second kappa shape index (κ2) is 8.35. The predicted octanol–water partition coefficient (Wildman–Crippen LogP) is 3.52. The first-order chi connectivity index (χ1) is 14.2. The summed E-state index contributed by atoms with van der Waals surface area (Å²) in [6, 6.07) is 17.2. The highest BCUT2D eigenvalue weighted by Gasteiger charge is 2.18. The summed E-state index contributed by atoms with van der Waals surface area (Å²) in [5.41, 5.74) is 1.06. The van der Waals surface area contributed by atoms with Gasteiger partial charge in [-0.25, -0.2) is 4.79 Å². The predicted molar refractivity (Wildman–Crippen MR) is 103 cm³/mol. The minimum atomic E-state index is -0.691. The van der Waals surface area contributed by atoms with Gasteiger partial charge in [0.05, 0.1) is 6.26 Å². The molecule has 0 bridgehead atoms. The quantitative estimate of drug-likeness (QED) is 0.511. The molecule has 29 heavy (non-hydrogen) atoms. The lowest BCUT2D eigenvalue weighted by molar-refractivity contribution is -0.141. The summed E-state index contributed by atoms with van der Waals surface area (Å²) in [7, 11) is 0. The van der Waals surface area contributed by atoms with Crippen molar-refractivity contribution in [3.05, 3.63) is 89.5 Å². The van der Waals surface area contributed by atoms with Crippen LogP contribution in [0.25, 0.3) is 6.08 Å². The molecule has 0 saturated carbocycles. The molecule has 4 rings (SSSR count). The van der Waals surface area contributed by atoms with Gasteiger partial charge in [0, 0.05) is 5.56 Å². The van der Waals surface area contributed by atoms with Gasteiger partial charge in [0.2, 0.25) is 6.79 Å². The fourth-order valence-corrected chi connectivity index (χ4v) is 2.71. The third kappa shape index (κ3) is 4.47. The molecule has 7 heteroatoms. The zero-order chi connectivity index (χ0) is 20.1. The van der Waals surface area contributed by atoms with Crippen molar-refractivity contribution < 1.29 is 28.2 Å². The largest absolute Gasteiger partial charge is 0.466 e. The molecule has 0 radical (unpaired) electrons.